The summed E-state index contributed by atoms with van der Waals surface area (Å²) >= 11 is 0. The molecule has 0 fully saturated rings. The van der Waals surface area contributed by atoms with Crippen molar-refractivity contribution in [3.8, 4) is 0 Å². The third-order valence-electron chi connectivity index (χ3n) is 0.133. The van der Waals surface area contributed by atoms with E-state index in [1.54, 1.807) is 0 Å². The van der Waals surface area contributed by atoms with Crippen LogP contribution in [0.5, 0.6) is 0 Å². The molecule has 9 heavy (non-hydrogen) atoms. The first-order valence-corrected chi connectivity index (χ1v) is 3.29. The molecule has 0 saturated carbocycles. The normalized spacial score (nSPS) is 10.4. The van der Waals surface area contributed by atoms with Crippen molar-refractivity contribution in [2.75, 3.05) is 0 Å². The fraction of sp³-hybridized carbons (Fsp3) is 0. The molecule has 0 aromatic carbocycles. The van der Waals surface area contributed by atoms with E-state index in [2.05, 4.69) is 4.31 Å². The Morgan fingerprint density at radius 2 is 1.22 bits per heavy atom. The Labute approximate surface area is 60.3 Å². The Morgan fingerprint density at radius 3 is 1.22 bits per heavy atom. The molecule has 0 aliphatic heterocycles. The fourth-order valence-corrected chi connectivity index (χ4v) is 0.490. The van der Waals surface area contributed by atoms with Crippen LogP contribution in [0, 0.1) is 0 Å². The average molecular weight is 212 g/mol. The summed E-state index contributed by atoms with van der Waals surface area (Å²) in [5.41, 5.74) is 0. The average Bonchev–Trinajstić information content (AvgIpc) is 1.27. The molecular formula is H8O5P4+2. The van der Waals surface area contributed by atoms with Crippen LogP contribution in [-0.2, 0) is 13.4 Å². The van der Waals surface area contributed by atoms with Gasteiger partial charge in [0.05, 0.1) is 0 Å². The second-order valence-electron chi connectivity index (χ2n) is 0.529. The molecule has 5 nitrogen and oxygen atoms in total. The summed E-state index contributed by atoms with van der Waals surface area (Å²) in [5, 5.41) is 0. The summed E-state index contributed by atoms with van der Waals surface area (Å²) in [6.45, 7) is 0. The van der Waals surface area contributed by atoms with Gasteiger partial charge in [0.15, 0.2) is 0 Å². The van der Waals surface area contributed by atoms with E-state index in [1.807, 2.05) is 0 Å². The summed E-state index contributed by atoms with van der Waals surface area (Å²) < 4.78 is 21.6. The van der Waals surface area contributed by atoms with Gasteiger partial charge in [0, 0.05) is 0 Å². The summed E-state index contributed by atoms with van der Waals surface area (Å²) in [6.07, 6.45) is 0. The van der Waals surface area contributed by atoms with Crippen molar-refractivity contribution in [2.45, 2.75) is 0 Å². The highest BCUT2D eigenvalue weighted by Gasteiger charge is 2.13. The maximum Gasteiger partial charge on any atom is 0.543 e. The fourth-order valence-electron chi connectivity index (χ4n) is 0.0544. The highest BCUT2D eigenvalue weighted by atomic mass is 31.2. The molecule has 4 unspecified atom stereocenters. The summed E-state index contributed by atoms with van der Waals surface area (Å²) in [7, 11) is -6.47. The lowest BCUT2D eigenvalue weighted by Crippen LogP contribution is -1.90. The van der Waals surface area contributed by atoms with Crippen LogP contribution >= 0.6 is 36.3 Å². The first-order valence-electron chi connectivity index (χ1n) is 1.10. The largest absolute Gasteiger partial charge is 0.563 e. The van der Waals surface area contributed by atoms with Crippen LogP contribution in [0.2, 0.25) is 0 Å². The predicted octanol–water partition coefficient (Wildman–Crippen LogP) is -1.38. The van der Waals surface area contributed by atoms with Crippen LogP contribution in [0.15, 0.2) is 0 Å². The van der Waals surface area contributed by atoms with Crippen LogP contribution in [0.4, 0.5) is 0 Å². The van der Waals surface area contributed by atoms with E-state index in [0.29, 0.717) is 0 Å². The molecule has 9 heteroatoms. The van der Waals surface area contributed by atoms with Crippen molar-refractivity contribution in [3.05, 3.63) is 0 Å². The third kappa shape index (κ3) is 17.6. The zero-order valence-electron chi connectivity index (χ0n) is 4.94. The van der Waals surface area contributed by atoms with Crippen molar-refractivity contribution in [2.24, 2.45) is 0 Å². The van der Waals surface area contributed by atoms with Gasteiger partial charge < -0.3 is 9.79 Å². The number of rotatable bonds is 2. The summed E-state index contributed by atoms with van der Waals surface area (Å²) in [5.74, 6) is 0. The summed E-state index contributed by atoms with van der Waals surface area (Å²) in [6, 6.07) is 0. The lowest BCUT2D eigenvalue weighted by Gasteiger charge is -1.72. The van der Waals surface area contributed by atoms with Gasteiger partial charge in [-0.3, -0.25) is 0 Å². The van der Waals surface area contributed by atoms with Gasteiger partial charge in [0.2, 0.25) is 0 Å². The van der Waals surface area contributed by atoms with Crippen LogP contribution in [0.25, 0.3) is 0 Å². The highest BCUT2D eigenvalue weighted by molar-refractivity contribution is 7.44. The van der Waals surface area contributed by atoms with Crippen molar-refractivity contribution in [1.82, 2.24) is 0 Å². The topological polar surface area (TPSA) is 89.5 Å². The maximum absolute atomic E-state index is 9.24. The molecule has 0 heterocycles. The van der Waals surface area contributed by atoms with E-state index in [4.69, 9.17) is 0 Å². The van der Waals surface area contributed by atoms with Crippen molar-refractivity contribution < 1.29 is 23.2 Å². The minimum atomic E-state index is -3.24. The van der Waals surface area contributed by atoms with Crippen LogP contribution in [-0.4, -0.2) is 0 Å². The summed E-state index contributed by atoms with van der Waals surface area (Å²) in [4.78, 5) is 18.5. The van der Waals surface area contributed by atoms with Crippen LogP contribution < -0.4 is 9.79 Å². The van der Waals surface area contributed by atoms with Gasteiger partial charge in [-0.1, -0.05) is 0 Å². The molecule has 0 radical (unpaired) electrons. The van der Waals surface area contributed by atoms with E-state index >= 15 is 0 Å². The molecule has 4 atom stereocenters. The number of hydrogen-bond donors (Lipinski definition) is 0. The molecule has 0 N–H and O–H groups in total. The van der Waals surface area contributed by atoms with E-state index in [-0.39, 0.29) is 19.8 Å². The third-order valence-corrected chi connectivity index (χ3v) is 1.20. The molecule has 0 amide bonds. The van der Waals surface area contributed by atoms with Gasteiger partial charge in [0.1, 0.15) is 4.31 Å². The molecule has 0 aliphatic carbocycles. The van der Waals surface area contributed by atoms with Gasteiger partial charge in [-0.05, 0) is 28.9 Å². The lowest BCUT2D eigenvalue weighted by atomic mass is 15.8. The Bertz CT molecular complexity index is 85.1. The molecule has 0 aliphatic rings. The van der Waals surface area contributed by atoms with E-state index < -0.39 is 16.5 Å². The predicted molar refractivity (Wildman–Crippen MR) is 41.3 cm³/mol. The number of hydrogen-bond acceptors (Lipinski definition) is 5. The quantitative estimate of drug-likeness (QED) is 0.526. The molecule has 56 valence electrons. The van der Waals surface area contributed by atoms with E-state index in [0.717, 1.165) is 0 Å². The van der Waals surface area contributed by atoms with Gasteiger partial charge >= 0.3 is 16.5 Å². The van der Waals surface area contributed by atoms with Crippen molar-refractivity contribution >= 4 is 36.3 Å². The van der Waals surface area contributed by atoms with Crippen molar-refractivity contribution in [1.29, 1.82) is 0 Å². The Hall–Kier alpha value is 0.940. The van der Waals surface area contributed by atoms with Crippen LogP contribution in [0.3, 0.4) is 0 Å². The molecule has 0 bridgehead atoms. The molecule has 0 rings (SSSR count). The zero-order valence-corrected chi connectivity index (χ0v) is 10.7. The molecular weight excluding hydrogens is 204 g/mol. The van der Waals surface area contributed by atoms with E-state index in [1.165, 1.54) is 0 Å². The Kier molecular flexibility index (Phi) is 16.4. The maximum atomic E-state index is 9.24. The molecule has 0 aromatic rings. The smallest absolute Gasteiger partial charge is 0.543 e. The minimum Gasteiger partial charge on any atom is -0.563 e. The van der Waals surface area contributed by atoms with Gasteiger partial charge in [-0.15, -0.1) is 0 Å². The second-order valence-corrected chi connectivity index (χ2v) is 2.08. The Balaban J connectivity index is -0.000000180. The molecule has 0 aromatic heterocycles. The first kappa shape index (κ1) is 16.5. The van der Waals surface area contributed by atoms with Gasteiger partial charge in [-0.25, -0.2) is 0 Å². The SMILES string of the molecule is O=[P+]([O-])O[P+](=O)[O-].[PH4+].[PH4+]. The van der Waals surface area contributed by atoms with Gasteiger partial charge in [-0.2, -0.15) is 0 Å². The standard InChI is InChI=1S/O5P2.2H3P/c1-6(2)5-7(3)4;;/h;2*1H3/p+2. The first-order chi connectivity index (χ1) is 3.13. The van der Waals surface area contributed by atoms with Crippen molar-refractivity contribution in [3.63, 3.8) is 0 Å². The van der Waals surface area contributed by atoms with Gasteiger partial charge in [0.25, 0.3) is 0 Å². The molecule has 0 spiro atoms. The minimum absolute atomic E-state index is 0. The van der Waals surface area contributed by atoms with E-state index in [9.17, 15) is 18.9 Å². The second kappa shape index (κ2) is 8.94. The zero-order chi connectivity index (χ0) is 5.86. The van der Waals surface area contributed by atoms with Crippen LogP contribution in [0.1, 0.15) is 0 Å². The lowest BCUT2D eigenvalue weighted by molar-refractivity contribution is -0.198. The molecule has 0 saturated heterocycles. The highest BCUT2D eigenvalue weighted by Crippen LogP contribution is 2.24. The Morgan fingerprint density at radius 1 is 1.00 bits per heavy atom. The monoisotopic (exact) mass is 212 g/mol.